The van der Waals surface area contributed by atoms with E-state index in [0.717, 1.165) is 11.8 Å². The maximum absolute atomic E-state index is 12.4. The summed E-state index contributed by atoms with van der Waals surface area (Å²) in [7, 11) is 1.53. The maximum Gasteiger partial charge on any atom is 0.340 e. The van der Waals surface area contributed by atoms with Crippen LogP contribution in [-0.4, -0.2) is 45.9 Å². The second-order valence-electron chi connectivity index (χ2n) is 6.36. The summed E-state index contributed by atoms with van der Waals surface area (Å²) in [5, 5.41) is 9.68. The Morgan fingerprint density at radius 2 is 2.00 bits per heavy atom. The molecule has 1 aromatic carbocycles. The molecule has 10 heteroatoms. The number of benzene rings is 1. The molecule has 0 saturated carbocycles. The number of para-hydroxylation sites is 2. The standard InChI is InChI=1S/C20H22N4O5S/c1-5-29-19(27)16-11(2)17-18(26)22-23-20(24(17)12(16)3)30-10-15(25)21-13-8-6-7-9-14(13)28-4/h6-9H,5,10H2,1-4H3,(H,21,25)(H,22,26). The lowest BCUT2D eigenvalue weighted by Gasteiger charge is -2.10. The van der Waals surface area contributed by atoms with Crippen molar-refractivity contribution < 1.29 is 19.1 Å². The molecule has 0 atom stereocenters. The zero-order chi connectivity index (χ0) is 21.8. The number of aryl methyl sites for hydroxylation is 2. The SMILES string of the molecule is CCOC(=O)c1c(C)c2c(=O)[nH]nc(SCC(=O)Nc3ccccc3OC)n2c1C. The van der Waals surface area contributed by atoms with Gasteiger partial charge in [-0.1, -0.05) is 23.9 Å². The van der Waals surface area contributed by atoms with Gasteiger partial charge in [0.2, 0.25) is 5.91 Å². The number of hydrogen-bond donors (Lipinski definition) is 2. The van der Waals surface area contributed by atoms with Crippen molar-refractivity contribution in [2.75, 3.05) is 24.8 Å². The van der Waals surface area contributed by atoms with Gasteiger partial charge in [-0.2, -0.15) is 0 Å². The number of methoxy groups -OCH3 is 1. The Labute approximate surface area is 176 Å². The van der Waals surface area contributed by atoms with Crippen molar-refractivity contribution in [2.45, 2.75) is 25.9 Å². The van der Waals surface area contributed by atoms with Crippen molar-refractivity contribution in [1.82, 2.24) is 14.6 Å². The Kier molecular flexibility index (Phi) is 6.46. The van der Waals surface area contributed by atoms with Gasteiger partial charge in [0.15, 0.2) is 5.16 Å². The number of fused-ring (bicyclic) bond motifs is 1. The minimum atomic E-state index is -0.500. The first-order valence-electron chi connectivity index (χ1n) is 9.22. The zero-order valence-corrected chi connectivity index (χ0v) is 17.9. The molecule has 0 bridgehead atoms. The molecule has 2 N–H and O–H groups in total. The van der Waals surface area contributed by atoms with Crippen LogP contribution in [0.15, 0.2) is 34.2 Å². The Morgan fingerprint density at radius 3 is 2.70 bits per heavy atom. The highest BCUT2D eigenvalue weighted by Gasteiger charge is 2.24. The predicted molar refractivity (Wildman–Crippen MR) is 114 cm³/mol. The molecule has 0 unspecified atom stereocenters. The van der Waals surface area contributed by atoms with Crippen molar-refractivity contribution in [2.24, 2.45) is 0 Å². The monoisotopic (exact) mass is 430 g/mol. The van der Waals surface area contributed by atoms with E-state index < -0.39 is 11.5 Å². The normalized spacial score (nSPS) is 10.8. The molecule has 0 aliphatic carbocycles. The molecule has 1 amide bonds. The molecule has 0 aliphatic rings. The largest absolute Gasteiger partial charge is 0.495 e. The lowest BCUT2D eigenvalue weighted by atomic mass is 10.1. The van der Waals surface area contributed by atoms with Gasteiger partial charge in [-0.05, 0) is 38.5 Å². The summed E-state index contributed by atoms with van der Waals surface area (Å²) < 4.78 is 11.9. The molecule has 2 heterocycles. The van der Waals surface area contributed by atoms with E-state index in [1.165, 1.54) is 7.11 Å². The number of aromatic nitrogens is 3. The van der Waals surface area contributed by atoms with E-state index in [1.807, 2.05) is 6.07 Å². The summed E-state index contributed by atoms with van der Waals surface area (Å²) in [4.78, 5) is 37.1. The third-order valence-corrected chi connectivity index (χ3v) is 5.44. The molecule has 2 aromatic heterocycles. The average Bonchev–Trinajstić information content (AvgIpc) is 2.99. The first-order chi connectivity index (χ1) is 14.4. The second-order valence-corrected chi connectivity index (χ2v) is 7.30. The fraction of sp³-hybridized carbons (Fsp3) is 0.300. The van der Waals surface area contributed by atoms with Crippen molar-refractivity contribution in [3.8, 4) is 5.75 Å². The number of ether oxygens (including phenoxy) is 2. The van der Waals surface area contributed by atoms with E-state index in [-0.39, 0.29) is 18.3 Å². The predicted octanol–water partition coefficient (Wildman–Crippen LogP) is 2.56. The number of nitrogens with one attached hydrogen (secondary N) is 2. The van der Waals surface area contributed by atoms with Crippen LogP contribution in [0.4, 0.5) is 5.69 Å². The smallest absolute Gasteiger partial charge is 0.340 e. The highest BCUT2D eigenvalue weighted by molar-refractivity contribution is 7.99. The Balaban J connectivity index is 1.89. The van der Waals surface area contributed by atoms with Gasteiger partial charge in [0, 0.05) is 5.69 Å². The number of aromatic amines is 1. The Morgan fingerprint density at radius 1 is 1.27 bits per heavy atom. The van der Waals surface area contributed by atoms with Crippen LogP contribution in [0, 0.1) is 13.8 Å². The number of esters is 1. The van der Waals surface area contributed by atoms with Crippen LogP contribution in [0.1, 0.15) is 28.5 Å². The number of H-pyrrole nitrogens is 1. The molecule has 158 valence electrons. The average molecular weight is 430 g/mol. The number of nitrogens with zero attached hydrogens (tertiary/aromatic N) is 2. The van der Waals surface area contributed by atoms with Crippen LogP contribution in [-0.2, 0) is 9.53 Å². The van der Waals surface area contributed by atoms with Crippen LogP contribution in [0.2, 0.25) is 0 Å². The van der Waals surface area contributed by atoms with Crippen molar-refractivity contribution >= 4 is 34.8 Å². The molecular weight excluding hydrogens is 408 g/mol. The van der Waals surface area contributed by atoms with Gasteiger partial charge in [-0.25, -0.2) is 9.89 Å². The van der Waals surface area contributed by atoms with Crippen LogP contribution in [0.3, 0.4) is 0 Å². The van der Waals surface area contributed by atoms with Crippen LogP contribution < -0.4 is 15.6 Å². The molecular formula is C20H22N4O5S. The third kappa shape index (κ3) is 4.04. The first kappa shape index (κ1) is 21.4. The molecule has 9 nitrogen and oxygen atoms in total. The molecule has 0 spiro atoms. The van der Waals surface area contributed by atoms with E-state index in [2.05, 4.69) is 15.5 Å². The van der Waals surface area contributed by atoms with Crippen LogP contribution in [0.5, 0.6) is 5.75 Å². The Bertz CT molecular complexity index is 1170. The highest BCUT2D eigenvalue weighted by Crippen LogP contribution is 2.27. The van der Waals surface area contributed by atoms with Gasteiger partial charge in [-0.15, -0.1) is 5.10 Å². The fourth-order valence-electron chi connectivity index (χ4n) is 3.21. The number of thioether (sulfide) groups is 1. The maximum atomic E-state index is 12.4. The minimum Gasteiger partial charge on any atom is -0.495 e. The van der Waals surface area contributed by atoms with Gasteiger partial charge >= 0.3 is 5.97 Å². The zero-order valence-electron chi connectivity index (χ0n) is 17.1. The number of amides is 1. The molecule has 30 heavy (non-hydrogen) atoms. The second kappa shape index (κ2) is 9.04. The summed E-state index contributed by atoms with van der Waals surface area (Å²) in [6, 6.07) is 7.09. The van der Waals surface area contributed by atoms with Crippen molar-refractivity contribution in [3.63, 3.8) is 0 Å². The lowest BCUT2D eigenvalue weighted by Crippen LogP contribution is -2.17. The van der Waals surface area contributed by atoms with Crippen LogP contribution in [0.25, 0.3) is 5.52 Å². The number of rotatable bonds is 7. The molecule has 0 radical (unpaired) electrons. The first-order valence-corrected chi connectivity index (χ1v) is 10.2. The summed E-state index contributed by atoms with van der Waals surface area (Å²) in [5.74, 6) is -0.174. The van der Waals surface area contributed by atoms with Gasteiger partial charge < -0.3 is 14.8 Å². The van der Waals surface area contributed by atoms with E-state index in [1.54, 1.807) is 43.4 Å². The van der Waals surface area contributed by atoms with Crippen LogP contribution >= 0.6 is 11.8 Å². The number of carbonyl (C=O) groups is 2. The van der Waals surface area contributed by atoms with Gasteiger partial charge in [0.25, 0.3) is 5.56 Å². The molecule has 3 aromatic rings. The Hall–Kier alpha value is -3.27. The highest BCUT2D eigenvalue weighted by atomic mass is 32.2. The van der Waals surface area contributed by atoms with E-state index in [4.69, 9.17) is 9.47 Å². The van der Waals surface area contributed by atoms with E-state index in [9.17, 15) is 14.4 Å². The minimum absolute atomic E-state index is 0.0393. The topological polar surface area (TPSA) is 115 Å². The quantitative estimate of drug-likeness (QED) is 0.437. The van der Waals surface area contributed by atoms with E-state index >= 15 is 0 Å². The number of hydrogen-bond acceptors (Lipinski definition) is 7. The third-order valence-electron chi connectivity index (χ3n) is 4.50. The number of anilines is 1. The fourth-order valence-corrected chi connectivity index (χ4v) is 4.01. The van der Waals surface area contributed by atoms with Crippen molar-refractivity contribution in [1.29, 1.82) is 0 Å². The van der Waals surface area contributed by atoms with Gasteiger partial charge in [-0.3, -0.25) is 14.0 Å². The van der Waals surface area contributed by atoms with Gasteiger partial charge in [0.1, 0.15) is 11.3 Å². The molecule has 3 rings (SSSR count). The summed E-state index contributed by atoms with van der Waals surface area (Å²) in [6.07, 6.45) is 0. The molecule has 0 saturated heterocycles. The molecule has 0 fully saturated rings. The van der Waals surface area contributed by atoms with E-state index in [0.29, 0.717) is 38.9 Å². The lowest BCUT2D eigenvalue weighted by molar-refractivity contribution is -0.113. The molecule has 0 aliphatic heterocycles. The number of carbonyl (C=O) groups excluding carboxylic acids is 2. The summed E-state index contributed by atoms with van der Waals surface area (Å²) in [6.45, 7) is 5.34. The summed E-state index contributed by atoms with van der Waals surface area (Å²) >= 11 is 1.14. The summed E-state index contributed by atoms with van der Waals surface area (Å²) in [5.41, 5.74) is 1.81. The van der Waals surface area contributed by atoms with Crippen molar-refractivity contribution in [3.05, 3.63) is 51.4 Å². The van der Waals surface area contributed by atoms with Gasteiger partial charge in [0.05, 0.1) is 30.7 Å².